The summed E-state index contributed by atoms with van der Waals surface area (Å²) in [6.45, 7) is 1.81. The SMILES string of the molecule is Cc1ccc2c(n1)OCC(=CNC(=O)c1cc(Cc3ccccc3)on1)C(=O)N2. The lowest BCUT2D eigenvalue weighted by molar-refractivity contribution is -0.113. The van der Waals surface area contributed by atoms with Gasteiger partial charge in [-0.05, 0) is 24.6 Å². The molecule has 0 unspecified atom stereocenters. The maximum Gasteiger partial charge on any atom is 0.277 e. The Morgan fingerprint density at radius 1 is 1.24 bits per heavy atom. The molecule has 8 nitrogen and oxygen atoms in total. The highest BCUT2D eigenvalue weighted by atomic mass is 16.5. The Hall–Kier alpha value is -3.94. The van der Waals surface area contributed by atoms with Crippen LogP contribution >= 0.6 is 0 Å². The molecule has 2 aromatic heterocycles. The number of benzene rings is 1. The number of nitrogens with zero attached hydrogens (tertiary/aromatic N) is 2. The van der Waals surface area contributed by atoms with E-state index in [1.165, 1.54) is 6.20 Å². The molecule has 0 saturated carbocycles. The summed E-state index contributed by atoms with van der Waals surface area (Å²) in [6, 6.07) is 14.8. The Morgan fingerprint density at radius 2 is 2.07 bits per heavy atom. The van der Waals surface area contributed by atoms with E-state index in [2.05, 4.69) is 20.8 Å². The maximum absolute atomic E-state index is 12.3. The normalized spacial score (nSPS) is 14.5. The van der Waals surface area contributed by atoms with Crippen LogP contribution in [-0.2, 0) is 11.2 Å². The van der Waals surface area contributed by atoms with Crippen molar-refractivity contribution in [1.29, 1.82) is 0 Å². The fourth-order valence-corrected chi connectivity index (χ4v) is 2.79. The third kappa shape index (κ3) is 4.32. The van der Waals surface area contributed by atoms with Gasteiger partial charge in [-0.25, -0.2) is 4.98 Å². The summed E-state index contributed by atoms with van der Waals surface area (Å²) < 4.78 is 10.8. The third-order valence-electron chi connectivity index (χ3n) is 4.29. The molecule has 1 aromatic carbocycles. The van der Waals surface area contributed by atoms with Gasteiger partial charge in [-0.2, -0.15) is 0 Å². The highest BCUT2D eigenvalue weighted by Gasteiger charge is 2.20. The fourth-order valence-electron chi connectivity index (χ4n) is 2.79. The molecule has 2 N–H and O–H groups in total. The van der Waals surface area contributed by atoms with Crippen LogP contribution in [0.3, 0.4) is 0 Å². The second kappa shape index (κ2) is 7.97. The molecule has 0 aliphatic carbocycles. The Morgan fingerprint density at radius 3 is 2.90 bits per heavy atom. The molecule has 4 rings (SSSR count). The van der Waals surface area contributed by atoms with Crippen molar-refractivity contribution in [1.82, 2.24) is 15.5 Å². The van der Waals surface area contributed by atoms with Crippen molar-refractivity contribution in [2.24, 2.45) is 0 Å². The number of aromatic nitrogens is 2. The number of anilines is 1. The van der Waals surface area contributed by atoms with Gasteiger partial charge in [0, 0.05) is 24.4 Å². The van der Waals surface area contributed by atoms with Crippen molar-refractivity contribution >= 4 is 17.5 Å². The van der Waals surface area contributed by atoms with Crippen molar-refractivity contribution in [3.63, 3.8) is 0 Å². The lowest BCUT2D eigenvalue weighted by Crippen LogP contribution is -2.23. The Kier molecular flexibility index (Phi) is 5.07. The summed E-state index contributed by atoms with van der Waals surface area (Å²) >= 11 is 0. The number of amides is 2. The molecule has 0 atom stereocenters. The zero-order valence-electron chi connectivity index (χ0n) is 15.6. The van der Waals surface area contributed by atoms with Crippen molar-refractivity contribution in [2.45, 2.75) is 13.3 Å². The van der Waals surface area contributed by atoms with Crippen LogP contribution in [0.15, 0.2) is 64.8 Å². The number of rotatable bonds is 4. The van der Waals surface area contributed by atoms with Crippen molar-refractivity contribution < 1.29 is 18.8 Å². The quantitative estimate of drug-likeness (QED) is 0.664. The number of carbonyl (C=O) groups is 2. The fraction of sp³-hybridized carbons (Fsp3) is 0.143. The van der Waals surface area contributed by atoms with E-state index in [4.69, 9.17) is 9.26 Å². The van der Waals surface area contributed by atoms with Crippen LogP contribution in [0, 0.1) is 6.92 Å². The first-order chi connectivity index (χ1) is 14.1. The van der Waals surface area contributed by atoms with Crippen molar-refractivity contribution in [3.05, 3.63) is 83.0 Å². The summed E-state index contributed by atoms with van der Waals surface area (Å²) in [5.74, 6) is 0.0558. The molecule has 3 aromatic rings. The first-order valence-electron chi connectivity index (χ1n) is 9.00. The van der Waals surface area contributed by atoms with Gasteiger partial charge in [-0.15, -0.1) is 0 Å². The van der Waals surface area contributed by atoms with Gasteiger partial charge in [0.05, 0.1) is 5.57 Å². The number of ether oxygens (including phenoxy) is 1. The summed E-state index contributed by atoms with van der Waals surface area (Å²) in [5.41, 5.74) is 2.69. The van der Waals surface area contributed by atoms with E-state index in [1.54, 1.807) is 18.2 Å². The molecule has 0 spiro atoms. The summed E-state index contributed by atoms with van der Waals surface area (Å²) in [5, 5.41) is 9.07. The van der Waals surface area contributed by atoms with Gasteiger partial charge < -0.3 is 19.9 Å². The molecule has 29 heavy (non-hydrogen) atoms. The van der Waals surface area contributed by atoms with Gasteiger partial charge >= 0.3 is 0 Å². The molecule has 1 aliphatic heterocycles. The molecule has 0 fully saturated rings. The second-order valence-electron chi connectivity index (χ2n) is 6.53. The number of hydrogen-bond donors (Lipinski definition) is 2. The second-order valence-corrected chi connectivity index (χ2v) is 6.53. The molecule has 146 valence electrons. The number of fused-ring (bicyclic) bond motifs is 1. The molecule has 3 heterocycles. The zero-order valence-corrected chi connectivity index (χ0v) is 15.6. The minimum atomic E-state index is -0.482. The number of hydrogen-bond acceptors (Lipinski definition) is 6. The van der Waals surface area contributed by atoms with Crippen LogP contribution in [0.4, 0.5) is 5.69 Å². The van der Waals surface area contributed by atoms with Gasteiger partial charge in [0.25, 0.3) is 11.8 Å². The maximum atomic E-state index is 12.3. The largest absolute Gasteiger partial charge is 0.471 e. The van der Waals surface area contributed by atoms with Gasteiger partial charge in [0.15, 0.2) is 5.69 Å². The van der Waals surface area contributed by atoms with E-state index in [9.17, 15) is 9.59 Å². The highest BCUT2D eigenvalue weighted by molar-refractivity contribution is 6.05. The number of nitrogens with one attached hydrogen (secondary N) is 2. The first-order valence-corrected chi connectivity index (χ1v) is 9.00. The topological polar surface area (TPSA) is 106 Å². The first kappa shape index (κ1) is 18.4. The zero-order chi connectivity index (χ0) is 20.2. The highest BCUT2D eigenvalue weighted by Crippen LogP contribution is 2.25. The Balaban J connectivity index is 1.41. The Bertz CT molecular complexity index is 1090. The predicted molar refractivity (Wildman–Crippen MR) is 104 cm³/mol. The third-order valence-corrected chi connectivity index (χ3v) is 4.29. The number of pyridine rings is 1. The smallest absolute Gasteiger partial charge is 0.277 e. The van der Waals surface area contributed by atoms with Crippen LogP contribution in [0.2, 0.25) is 0 Å². The molecule has 0 bridgehead atoms. The number of aryl methyl sites for hydroxylation is 1. The van der Waals surface area contributed by atoms with Crippen LogP contribution in [0.25, 0.3) is 0 Å². The molecule has 0 radical (unpaired) electrons. The van der Waals surface area contributed by atoms with E-state index in [0.717, 1.165) is 11.3 Å². The van der Waals surface area contributed by atoms with Crippen LogP contribution in [-0.4, -0.2) is 28.6 Å². The summed E-state index contributed by atoms with van der Waals surface area (Å²) in [6.07, 6.45) is 1.84. The van der Waals surface area contributed by atoms with Gasteiger partial charge in [0.1, 0.15) is 18.1 Å². The van der Waals surface area contributed by atoms with Gasteiger partial charge in [0.2, 0.25) is 5.88 Å². The average Bonchev–Trinajstić information content (AvgIpc) is 3.12. The standard InChI is InChI=1S/C21H18N4O4/c1-13-7-8-17-21(23-13)28-12-15(19(26)24-17)11-22-20(27)18-10-16(29-25-18)9-14-5-3-2-4-6-14/h2-8,10-11H,9,12H2,1H3,(H,22,27)(H,24,26). The lowest BCUT2D eigenvalue weighted by Gasteiger charge is -2.05. The van der Waals surface area contributed by atoms with Gasteiger partial charge in [-0.1, -0.05) is 35.5 Å². The average molecular weight is 390 g/mol. The summed E-state index contributed by atoms with van der Waals surface area (Å²) in [4.78, 5) is 28.9. The molecule has 2 amide bonds. The monoisotopic (exact) mass is 390 g/mol. The minimum Gasteiger partial charge on any atom is -0.471 e. The summed E-state index contributed by atoms with van der Waals surface area (Å²) in [7, 11) is 0. The minimum absolute atomic E-state index is 0.0202. The molecule has 0 saturated heterocycles. The lowest BCUT2D eigenvalue weighted by atomic mass is 10.1. The molecular weight excluding hydrogens is 372 g/mol. The number of carbonyl (C=O) groups excluding carboxylic acids is 2. The van der Waals surface area contributed by atoms with Crippen LogP contribution in [0.5, 0.6) is 5.88 Å². The van der Waals surface area contributed by atoms with E-state index in [1.807, 2.05) is 37.3 Å². The van der Waals surface area contributed by atoms with E-state index in [0.29, 0.717) is 23.7 Å². The molecular formula is C21H18N4O4. The molecule has 1 aliphatic rings. The van der Waals surface area contributed by atoms with E-state index >= 15 is 0 Å². The molecule has 8 heteroatoms. The van der Waals surface area contributed by atoms with Gasteiger partial charge in [-0.3, -0.25) is 9.59 Å². The van der Waals surface area contributed by atoms with E-state index in [-0.39, 0.29) is 23.8 Å². The van der Waals surface area contributed by atoms with E-state index < -0.39 is 5.91 Å². The Labute approximate surface area is 166 Å². The van der Waals surface area contributed by atoms with Crippen molar-refractivity contribution in [2.75, 3.05) is 11.9 Å². The van der Waals surface area contributed by atoms with Crippen molar-refractivity contribution in [3.8, 4) is 5.88 Å². The predicted octanol–water partition coefficient (Wildman–Crippen LogP) is 2.61. The van der Waals surface area contributed by atoms with Crippen LogP contribution in [0.1, 0.15) is 27.5 Å². The van der Waals surface area contributed by atoms with Crippen LogP contribution < -0.4 is 15.4 Å².